The summed E-state index contributed by atoms with van der Waals surface area (Å²) in [6.07, 6.45) is 0.0261. The second-order valence-electron chi connectivity index (χ2n) is 7.75. The van der Waals surface area contributed by atoms with E-state index in [-0.39, 0.29) is 11.5 Å². The van der Waals surface area contributed by atoms with Crippen LogP contribution < -0.4 is 10.1 Å². The smallest absolute Gasteiger partial charge is 0.406 e. The molecule has 1 atom stereocenters. The summed E-state index contributed by atoms with van der Waals surface area (Å²) in [7, 11) is 0. The summed E-state index contributed by atoms with van der Waals surface area (Å²) in [5.74, 6) is 0.507. The van der Waals surface area contributed by atoms with Gasteiger partial charge >= 0.3 is 6.36 Å². The SMILES string of the molecule is Cc1cnc(-n2nc(C)nc2[C@H](C)NC(=O)c2cc(OC(F)(F)F)cc(C3CC3)c2)cn1. The molecule has 168 valence electrons. The molecule has 0 spiro atoms. The topological polar surface area (TPSA) is 94.8 Å². The largest absolute Gasteiger partial charge is 0.573 e. The van der Waals surface area contributed by atoms with Crippen molar-refractivity contribution in [2.24, 2.45) is 0 Å². The van der Waals surface area contributed by atoms with Crippen LogP contribution in [0.3, 0.4) is 0 Å². The van der Waals surface area contributed by atoms with E-state index in [9.17, 15) is 18.0 Å². The Morgan fingerprint density at radius 2 is 1.94 bits per heavy atom. The van der Waals surface area contributed by atoms with Crippen LogP contribution in [-0.2, 0) is 0 Å². The average molecular weight is 446 g/mol. The van der Waals surface area contributed by atoms with Crippen molar-refractivity contribution in [1.82, 2.24) is 30.0 Å². The van der Waals surface area contributed by atoms with Gasteiger partial charge in [0.1, 0.15) is 11.6 Å². The van der Waals surface area contributed by atoms with Gasteiger partial charge in [-0.25, -0.2) is 9.97 Å². The summed E-state index contributed by atoms with van der Waals surface area (Å²) in [5, 5.41) is 7.10. The Hall–Kier alpha value is -3.50. The van der Waals surface area contributed by atoms with Gasteiger partial charge in [-0.2, -0.15) is 4.68 Å². The van der Waals surface area contributed by atoms with Gasteiger partial charge in [0, 0.05) is 5.56 Å². The Bertz CT molecular complexity index is 1140. The minimum absolute atomic E-state index is 0.0819. The van der Waals surface area contributed by atoms with Crippen LogP contribution in [0.25, 0.3) is 5.82 Å². The van der Waals surface area contributed by atoms with E-state index in [0.717, 1.165) is 24.6 Å². The zero-order valence-corrected chi connectivity index (χ0v) is 17.6. The first-order valence-electron chi connectivity index (χ1n) is 10.0. The average Bonchev–Trinajstić information content (AvgIpc) is 3.49. The van der Waals surface area contributed by atoms with Crippen LogP contribution in [0.4, 0.5) is 13.2 Å². The van der Waals surface area contributed by atoms with E-state index in [2.05, 4.69) is 30.1 Å². The molecule has 1 aromatic carbocycles. The zero-order valence-electron chi connectivity index (χ0n) is 17.6. The molecule has 2 aromatic heterocycles. The summed E-state index contributed by atoms with van der Waals surface area (Å²) in [4.78, 5) is 25.8. The van der Waals surface area contributed by atoms with Crippen molar-refractivity contribution in [1.29, 1.82) is 0 Å². The molecular weight excluding hydrogens is 425 g/mol. The number of halogens is 3. The Balaban J connectivity index is 1.59. The van der Waals surface area contributed by atoms with E-state index in [4.69, 9.17) is 0 Å². The summed E-state index contributed by atoms with van der Waals surface area (Å²) in [6, 6.07) is 3.41. The third kappa shape index (κ3) is 5.04. The maximum atomic E-state index is 12.9. The van der Waals surface area contributed by atoms with E-state index in [0.29, 0.717) is 23.0 Å². The predicted octanol–water partition coefficient (Wildman–Crippen LogP) is 3.94. The van der Waals surface area contributed by atoms with Gasteiger partial charge in [0.15, 0.2) is 11.6 Å². The molecule has 0 saturated heterocycles. The molecule has 1 N–H and O–H groups in total. The highest BCUT2D eigenvalue weighted by molar-refractivity contribution is 5.95. The number of amides is 1. The second kappa shape index (κ2) is 8.21. The van der Waals surface area contributed by atoms with Crippen molar-refractivity contribution < 1.29 is 22.7 Å². The molecule has 1 aliphatic rings. The first-order valence-corrected chi connectivity index (χ1v) is 10.0. The lowest BCUT2D eigenvalue weighted by Crippen LogP contribution is -2.29. The number of hydrogen-bond acceptors (Lipinski definition) is 6. The third-order valence-corrected chi connectivity index (χ3v) is 4.93. The third-order valence-electron chi connectivity index (χ3n) is 4.93. The summed E-state index contributed by atoms with van der Waals surface area (Å²) >= 11 is 0. The fourth-order valence-electron chi connectivity index (χ4n) is 3.32. The highest BCUT2D eigenvalue weighted by Gasteiger charge is 2.33. The fourth-order valence-corrected chi connectivity index (χ4v) is 3.32. The van der Waals surface area contributed by atoms with Crippen LogP contribution in [0.5, 0.6) is 5.75 Å². The Kier molecular flexibility index (Phi) is 5.57. The van der Waals surface area contributed by atoms with Crippen molar-refractivity contribution in [2.75, 3.05) is 0 Å². The van der Waals surface area contributed by atoms with Crippen LogP contribution in [0.15, 0.2) is 30.6 Å². The van der Waals surface area contributed by atoms with E-state index in [1.54, 1.807) is 39.2 Å². The highest BCUT2D eigenvalue weighted by atomic mass is 19.4. The molecule has 0 bridgehead atoms. The molecule has 1 saturated carbocycles. The van der Waals surface area contributed by atoms with E-state index in [1.165, 1.54) is 10.7 Å². The molecular formula is C21H21F3N6O2. The molecule has 0 radical (unpaired) electrons. The summed E-state index contributed by atoms with van der Waals surface area (Å²) in [6.45, 7) is 5.22. The van der Waals surface area contributed by atoms with Gasteiger partial charge in [-0.15, -0.1) is 18.3 Å². The number of carbonyl (C=O) groups excluding carboxylic acids is 1. The van der Waals surface area contributed by atoms with E-state index < -0.39 is 24.1 Å². The van der Waals surface area contributed by atoms with Gasteiger partial charge in [-0.05, 0) is 63.3 Å². The molecule has 0 unspecified atom stereocenters. The molecule has 0 aliphatic heterocycles. The molecule has 1 amide bonds. The van der Waals surface area contributed by atoms with Gasteiger partial charge in [0.05, 0.1) is 24.1 Å². The molecule has 11 heteroatoms. The Morgan fingerprint density at radius 3 is 2.56 bits per heavy atom. The number of nitrogens with zero attached hydrogens (tertiary/aromatic N) is 5. The number of carbonyl (C=O) groups is 1. The minimum Gasteiger partial charge on any atom is -0.406 e. The Morgan fingerprint density at radius 1 is 1.19 bits per heavy atom. The van der Waals surface area contributed by atoms with Crippen molar-refractivity contribution in [3.05, 3.63) is 59.1 Å². The molecule has 4 rings (SSSR count). The van der Waals surface area contributed by atoms with Gasteiger partial charge in [0.25, 0.3) is 5.91 Å². The molecule has 1 aliphatic carbocycles. The molecule has 32 heavy (non-hydrogen) atoms. The first-order chi connectivity index (χ1) is 15.1. The van der Waals surface area contributed by atoms with Crippen LogP contribution in [-0.4, -0.2) is 37.0 Å². The molecule has 3 aromatic rings. The van der Waals surface area contributed by atoms with Crippen molar-refractivity contribution >= 4 is 5.91 Å². The number of alkyl halides is 3. The number of aryl methyl sites for hydroxylation is 2. The van der Waals surface area contributed by atoms with Gasteiger partial charge in [-0.3, -0.25) is 9.78 Å². The maximum absolute atomic E-state index is 12.9. The summed E-state index contributed by atoms with van der Waals surface area (Å²) < 4.78 is 43.8. The van der Waals surface area contributed by atoms with Crippen LogP contribution in [0, 0.1) is 13.8 Å². The monoisotopic (exact) mass is 446 g/mol. The fraction of sp³-hybridized carbons (Fsp3) is 0.381. The zero-order chi connectivity index (χ0) is 23.0. The second-order valence-corrected chi connectivity index (χ2v) is 7.75. The van der Waals surface area contributed by atoms with Crippen LogP contribution in [0.2, 0.25) is 0 Å². The number of ether oxygens (including phenoxy) is 1. The summed E-state index contributed by atoms with van der Waals surface area (Å²) in [5.41, 5.74) is 1.47. The number of hydrogen-bond donors (Lipinski definition) is 1. The molecule has 8 nitrogen and oxygen atoms in total. The highest BCUT2D eigenvalue weighted by Crippen LogP contribution is 2.42. The Labute approximate surface area is 181 Å². The van der Waals surface area contributed by atoms with Gasteiger partial charge < -0.3 is 10.1 Å². The van der Waals surface area contributed by atoms with Gasteiger partial charge in [0.2, 0.25) is 0 Å². The van der Waals surface area contributed by atoms with E-state index in [1.807, 2.05) is 0 Å². The van der Waals surface area contributed by atoms with Crippen LogP contribution in [0.1, 0.15) is 65.0 Å². The quantitative estimate of drug-likeness (QED) is 0.616. The number of aromatic nitrogens is 5. The first kappa shape index (κ1) is 21.7. The number of nitrogens with one attached hydrogen (secondary N) is 1. The number of benzene rings is 1. The maximum Gasteiger partial charge on any atom is 0.573 e. The molecule has 1 fully saturated rings. The lowest BCUT2D eigenvalue weighted by atomic mass is 10.1. The van der Waals surface area contributed by atoms with Gasteiger partial charge in [-0.1, -0.05) is 0 Å². The van der Waals surface area contributed by atoms with Crippen molar-refractivity contribution in [2.45, 2.75) is 51.9 Å². The lowest BCUT2D eigenvalue weighted by molar-refractivity contribution is -0.274. The standard InChI is InChI=1S/C21H21F3N6O2/c1-11-9-26-18(10-25-11)30-19(28-13(3)29-30)12(2)27-20(31)16-6-15(14-4-5-14)7-17(8-16)32-21(22,23)24/h6-10,12,14H,4-5H2,1-3H3,(H,27,31)/t12-/m0/s1. The normalized spacial score (nSPS) is 14.8. The van der Waals surface area contributed by atoms with Crippen molar-refractivity contribution in [3.63, 3.8) is 0 Å². The lowest BCUT2D eigenvalue weighted by Gasteiger charge is -2.16. The minimum atomic E-state index is -4.84. The molecule has 2 heterocycles. The number of rotatable bonds is 6. The van der Waals surface area contributed by atoms with Crippen LogP contribution >= 0.6 is 0 Å². The van der Waals surface area contributed by atoms with E-state index >= 15 is 0 Å². The predicted molar refractivity (Wildman–Crippen MR) is 107 cm³/mol. The van der Waals surface area contributed by atoms with Crippen molar-refractivity contribution in [3.8, 4) is 11.6 Å².